The van der Waals surface area contributed by atoms with Crippen molar-refractivity contribution in [3.8, 4) is 0 Å². The molecule has 1 saturated heterocycles. The largest absolute Gasteiger partial charge is 0.341 e. The average molecular weight is 212 g/mol. The number of hydrogen-bond donors (Lipinski definition) is 1. The number of rotatable bonds is 4. The topological polar surface area (TPSA) is 32.3 Å². The van der Waals surface area contributed by atoms with Crippen LogP contribution in [0.1, 0.15) is 40.5 Å². The van der Waals surface area contributed by atoms with Gasteiger partial charge in [-0.3, -0.25) is 4.79 Å². The molecule has 1 atom stereocenters. The van der Waals surface area contributed by atoms with Gasteiger partial charge in [-0.25, -0.2) is 0 Å². The minimum Gasteiger partial charge on any atom is -0.341 e. The van der Waals surface area contributed by atoms with Crippen molar-refractivity contribution in [3.05, 3.63) is 0 Å². The molecule has 0 aromatic rings. The van der Waals surface area contributed by atoms with Crippen LogP contribution < -0.4 is 5.32 Å². The summed E-state index contributed by atoms with van der Waals surface area (Å²) in [6, 6.07) is 0.0762. The summed E-state index contributed by atoms with van der Waals surface area (Å²) in [4.78, 5) is 13.9. The Balaban J connectivity index is 2.42. The van der Waals surface area contributed by atoms with Crippen molar-refractivity contribution < 1.29 is 4.79 Å². The summed E-state index contributed by atoms with van der Waals surface area (Å²) in [5.74, 6) is 0.290. The molecule has 1 amide bonds. The first-order valence-corrected chi connectivity index (χ1v) is 5.96. The lowest BCUT2D eigenvalue weighted by Crippen LogP contribution is -2.41. The quantitative estimate of drug-likeness (QED) is 0.768. The molecule has 88 valence electrons. The normalized spacial score (nSPS) is 22.5. The zero-order chi connectivity index (χ0) is 11.5. The predicted octanol–water partition coefficient (Wildman–Crippen LogP) is 1.63. The van der Waals surface area contributed by atoms with Crippen molar-refractivity contribution in [1.82, 2.24) is 10.2 Å². The molecule has 0 aromatic heterocycles. The summed E-state index contributed by atoms with van der Waals surface area (Å²) < 4.78 is 0. The van der Waals surface area contributed by atoms with Crippen LogP contribution in [0, 0.1) is 5.41 Å². The highest BCUT2D eigenvalue weighted by Gasteiger charge is 2.32. The van der Waals surface area contributed by atoms with Crippen LogP contribution in [0.2, 0.25) is 0 Å². The number of carbonyl (C=O) groups is 1. The van der Waals surface area contributed by atoms with Gasteiger partial charge >= 0.3 is 0 Å². The van der Waals surface area contributed by atoms with E-state index in [-0.39, 0.29) is 11.5 Å². The van der Waals surface area contributed by atoms with Crippen LogP contribution in [0.15, 0.2) is 0 Å². The lowest BCUT2D eigenvalue weighted by Gasteiger charge is -2.26. The summed E-state index contributed by atoms with van der Waals surface area (Å²) >= 11 is 0. The van der Waals surface area contributed by atoms with E-state index in [0.717, 1.165) is 32.5 Å². The van der Waals surface area contributed by atoms with Crippen LogP contribution >= 0.6 is 0 Å². The first kappa shape index (κ1) is 12.5. The Hall–Kier alpha value is -0.570. The summed E-state index contributed by atoms with van der Waals surface area (Å²) in [5.41, 5.74) is 0.204. The molecule has 3 nitrogen and oxygen atoms in total. The highest BCUT2D eigenvalue weighted by molar-refractivity contribution is 5.84. The van der Waals surface area contributed by atoms with E-state index in [4.69, 9.17) is 0 Å². The fourth-order valence-electron chi connectivity index (χ4n) is 1.98. The van der Waals surface area contributed by atoms with Gasteiger partial charge in [-0.1, -0.05) is 27.7 Å². The van der Waals surface area contributed by atoms with Crippen LogP contribution in [0.4, 0.5) is 0 Å². The Bertz CT molecular complexity index is 220. The molecular weight excluding hydrogens is 188 g/mol. The van der Waals surface area contributed by atoms with E-state index >= 15 is 0 Å². The fraction of sp³-hybridized carbons (Fsp3) is 0.917. The average Bonchev–Trinajstić information content (AvgIpc) is 2.43. The standard InChI is InChI=1S/C12H24N2O/c1-5-7-13-10-6-8-14(11(10)15)9-12(2,3)4/h10,13H,5-9H2,1-4H3. The fourth-order valence-corrected chi connectivity index (χ4v) is 1.98. The minimum atomic E-state index is 0.0762. The Labute approximate surface area is 93.2 Å². The van der Waals surface area contributed by atoms with Gasteiger partial charge in [0.25, 0.3) is 0 Å². The molecule has 1 aliphatic heterocycles. The van der Waals surface area contributed by atoms with Crippen molar-refractivity contribution >= 4 is 5.91 Å². The van der Waals surface area contributed by atoms with Crippen LogP contribution in [0.5, 0.6) is 0 Å². The molecule has 1 heterocycles. The number of carbonyl (C=O) groups excluding carboxylic acids is 1. The maximum Gasteiger partial charge on any atom is 0.239 e. The molecule has 1 fully saturated rings. The molecule has 0 saturated carbocycles. The molecule has 1 unspecified atom stereocenters. The summed E-state index contributed by atoms with van der Waals surface area (Å²) in [6.45, 7) is 11.4. The Morgan fingerprint density at radius 2 is 2.13 bits per heavy atom. The third-order valence-electron chi connectivity index (χ3n) is 2.60. The van der Waals surface area contributed by atoms with Crippen LogP contribution in [0.25, 0.3) is 0 Å². The smallest absolute Gasteiger partial charge is 0.239 e. The van der Waals surface area contributed by atoms with Gasteiger partial charge in [0.2, 0.25) is 5.91 Å². The first-order valence-electron chi connectivity index (χ1n) is 5.96. The van der Waals surface area contributed by atoms with Gasteiger partial charge < -0.3 is 10.2 Å². The monoisotopic (exact) mass is 212 g/mol. The van der Waals surface area contributed by atoms with E-state index in [1.807, 2.05) is 4.90 Å². The molecule has 0 aromatic carbocycles. The Morgan fingerprint density at radius 3 is 2.67 bits per heavy atom. The zero-order valence-electron chi connectivity index (χ0n) is 10.5. The zero-order valence-corrected chi connectivity index (χ0v) is 10.5. The van der Waals surface area contributed by atoms with Crippen molar-refractivity contribution in [2.45, 2.75) is 46.6 Å². The second-order valence-electron chi connectivity index (χ2n) is 5.62. The van der Waals surface area contributed by atoms with Gasteiger partial charge in [0.15, 0.2) is 0 Å². The number of nitrogens with one attached hydrogen (secondary N) is 1. The predicted molar refractivity (Wildman–Crippen MR) is 62.7 cm³/mol. The summed E-state index contributed by atoms with van der Waals surface area (Å²) in [6.07, 6.45) is 2.05. The highest BCUT2D eigenvalue weighted by atomic mass is 16.2. The Kier molecular flexibility index (Phi) is 4.14. The third-order valence-corrected chi connectivity index (χ3v) is 2.60. The molecule has 1 aliphatic rings. The number of likely N-dealkylation sites (tertiary alicyclic amines) is 1. The maximum absolute atomic E-state index is 12.0. The summed E-state index contributed by atoms with van der Waals surface area (Å²) in [7, 11) is 0. The van der Waals surface area contributed by atoms with Crippen LogP contribution in [-0.4, -0.2) is 36.5 Å². The number of hydrogen-bond acceptors (Lipinski definition) is 2. The molecule has 0 bridgehead atoms. The van der Waals surface area contributed by atoms with E-state index in [9.17, 15) is 4.79 Å². The van der Waals surface area contributed by atoms with Gasteiger partial charge in [0, 0.05) is 13.1 Å². The van der Waals surface area contributed by atoms with Crippen LogP contribution in [0.3, 0.4) is 0 Å². The molecule has 0 radical (unpaired) electrons. The van der Waals surface area contributed by atoms with Gasteiger partial charge in [-0.05, 0) is 24.8 Å². The van der Waals surface area contributed by atoms with E-state index < -0.39 is 0 Å². The maximum atomic E-state index is 12.0. The second kappa shape index (κ2) is 4.97. The van der Waals surface area contributed by atoms with Gasteiger partial charge in [-0.2, -0.15) is 0 Å². The molecule has 1 rings (SSSR count). The summed E-state index contributed by atoms with van der Waals surface area (Å²) in [5, 5.41) is 3.31. The van der Waals surface area contributed by atoms with Crippen molar-refractivity contribution in [2.75, 3.05) is 19.6 Å². The first-order chi connectivity index (χ1) is 6.94. The number of nitrogens with zero attached hydrogens (tertiary/aromatic N) is 1. The van der Waals surface area contributed by atoms with Gasteiger partial charge in [-0.15, -0.1) is 0 Å². The number of amides is 1. The van der Waals surface area contributed by atoms with Crippen molar-refractivity contribution in [3.63, 3.8) is 0 Å². The molecule has 0 spiro atoms. The van der Waals surface area contributed by atoms with Crippen molar-refractivity contribution in [2.24, 2.45) is 5.41 Å². The molecular formula is C12H24N2O. The van der Waals surface area contributed by atoms with Gasteiger partial charge in [0.05, 0.1) is 6.04 Å². The molecule has 3 heteroatoms. The lowest BCUT2D eigenvalue weighted by atomic mass is 9.96. The third kappa shape index (κ3) is 3.82. The lowest BCUT2D eigenvalue weighted by molar-refractivity contribution is -0.130. The van der Waals surface area contributed by atoms with E-state index in [1.165, 1.54) is 0 Å². The van der Waals surface area contributed by atoms with E-state index in [1.54, 1.807) is 0 Å². The van der Waals surface area contributed by atoms with Gasteiger partial charge in [0.1, 0.15) is 0 Å². The second-order valence-corrected chi connectivity index (χ2v) is 5.62. The molecule has 15 heavy (non-hydrogen) atoms. The SMILES string of the molecule is CCCNC1CCN(CC(C)(C)C)C1=O. The highest BCUT2D eigenvalue weighted by Crippen LogP contribution is 2.20. The van der Waals surface area contributed by atoms with E-state index in [0.29, 0.717) is 5.91 Å². The van der Waals surface area contributed by atoms with E-state index in [2.05, 4.69) is 33.0 Å². The molecule has 0 aliphatic carbocycles. The van der Waals surface area contributed by atoms with Crippen molar-refractivity contribution in [1.29, 1.82) is 0 Å². The molecule has 1 N–H and O–H groups in total. The Morgan fingerprint density at radius 1 is 1.47 bits per heavy atom. The minimum absolute atomic E-state index is 0.0762. The van der Waals surface area contributed by atoms with Crippen LogP contribution in [-0.2, 0) is 4.79 Å².